The Kier molecular flexibility index (Phi) is 7.30. The molecule has 0 saturated heterocycles. The van der Waals surface area contributed by atoms with E-state index in [1.165, 1.54) is 4.90 Å². The first-order chi connectivity index (χ1) is 12.4. The van der Waals surface area contributed by atoms with Gasteiger partial charge in [0.2, 0.25) is 11.8 Å². The molecule has 2 aromatic rings. The average Bonchev–Trinajstić information content (AvgIpc) is 2.60. The van der Waals surface area contributed by atoms with Gasteiger partial charge in [0.15, 0.2) is 0 Å². The standard InChI is InChI=1S/C19H20Cl2N2O3/c1-3-26-14-9-7-13(8-10-14)11-18(25)23(2)12-17(24)22-19-15(20)5-4-6-16(19)21/h4-10H,3,11-12H2,1-2H3,(H,22,24). The van der Waals surface area contributed by atoms with Crippen LogP contribution in [-0.2, 0) is 16.0 Å². The molecule has 1 N–H and O–H groups in total. The number of halogens is 2. The molecule has 5 nitrogen and oxygen atoms in total. The first-order valence-corrected chi connectivity index (χ1v) is 8.86. The summed E-state index contributed by atoms with van der Waals surface area (Å²) >= 11 is 12.1. The van der Waals surface area contributed by atoms with Gasteiger partial charge in [-0.3, -0.25) is 9.59 Å². The van der Waals surface area contributed by atoms with Gasteiger partial charge in [0.05, 0.1) is 35.3 Å². The Morgan fingerprint density at radius 1 is 1.08 bits per heavy atom. The molecule has 0 radical (unpaired) electrons. The predicted molar refractivity (Wildman–Crippen MR) is 104 cm³/mol. The topological polar surface area (TPSA) is 58.6 Å². The van der Waals surface area contributed by atoms with Crippen molar-refractivity contribution in [1.29, 1.82) is 0 Å². The number of ether oxygens (including phenoxy) is 1. The first-order valence-electron chi connectivity index (χ1n) is 8.10. The number of amides is 2. The number of rotatable bonds is 7. The van der Waals surface area contributed by atoms with Crippen molar-refractivity contribution in [3.8, 4) is 5.75 Å². The van der Waals surface area contributed by atoms with Crippen LogP contribution in [0.2, 0.25) is 10.0 Å². The van der Waals surface area contributed by atoms with Crippen molar-refractivity contribution < 1.29 is 14.3 Å². The lowest BCUT2D eigenvalue weighted by Gasteiger charge is -2.17. The Morgan fingerprint density at radius 3 is 2.27 bits per heavy atom. The molecule has 0 spiro atoms. The molecule has 0 aliphatic carbocycles. The number of nitrogens with zero attached hydrogens (tertiary/aromatic N) is 1. The second-order valence-electron chi connectivity index (χ2n) is 5.65. The Morgan fingerprint density at radius 2 is 1.69 bits per heavy atom. The quantitative estimate of drug-likeness (QED) is 0.770. The number of likely N-dealkylation sites (N-methyl/N-ethyl adjacent to an activating group) is 1. The first kappa shape index (κ1) is 20.1. The van der Waals surface area contributed by atoms with E-state index >= 15 is 0 Å². The van der Waals surface area contributed by atoms with Crippen molar-refractivity contribution in [1.82, 2.24) is 4.90 Å². The van der Waals surface area contributed by atoms with Crippen LogP contribution in [0.3, 0.4) is 0 Å². The zero-order valence-corrected chi connectivity index (χ0v) is 16.1. The summed E-state index contributed by atoms with van der Waals surface area (Å²) in [5.41, 5.74) is 1.19. The largest absolute Gasteiger partial charge is 0.494 e. The van der Waals surface area contributed by atoms with Gasteiger partial charge in [0.25, 0.3) is 0 Å². The number of carbonyl (C=O) groups excluding carboxylic acids is 2. The smallest absolute Gasteiger partial charge is 0.244 e. The van der Waals surface area contributed by atoms with Gasteiger partial charge in [-0.05, 0) is 36.8 Å². The second kappa shape index (κ2) is 9.46. The van der Waals surface area contributed by atoms with Crippen molar-refractivity contribution in [2.75, 3.05) is 25.5 Å². The van der Waals surface area contributed by atoms with Gasteiger partial charge in [-0.2, -0.15) is 0 Å². The van der Waals surface area contributed by atoms with Crippen LogP contribution >= 0.6 is 23.2 Å². The molecule has 2 aromatic carbocycles. The zero-order valence-electron chi connectivity index (χ0n) is 14.6. The molecule has 0 bridgehead atoms. The molecular formula is C19H20Cl2N2O3. The van der Waals surface area contributed by atoms with Crippen LogP contribution in [0.1, 0.15) is 12.5 Å². The maximum absolute atomic E-state index is 12.3. The van der Waals surface area contributed by atoms with Crippen molar-refractivity contribution >= 4 is 40.7 Å². The lowest BCUT2D eigenvalue weighted by molar-refractivity contribution is -0.132. The Bertz CT molecular complexity index is 759. The molecule has 2 rings (SSSR count). The molecule has 26 heavy (non-hydrogen) atoms. The predicted octanol–water partition coefficient (Wildman–Crippen LogP) is 4.03. The molecule has 0 fully saturated rings. The number of hydrogen-bond acceptors (Lipinski definition) is 3. The van der Waals surface area contributed by atoms with Gasteiger partial charge in [0.1, 0.15) is 5.75 Å². The van der Waals surface area contributed by atoms with Crippen LogP contribution in [0.15, 0.2) is 42.5 Å². The minimum Gasteiger partial charge on any atom is -0.494 e. The van der Waals surface area contributed by atoms with Crippen molar-refractivity contribution in [3.63, 3.8) is 0 Å². The number of carbonyl (C=O) groups is 2. The highest BCUT2D eigenvalue weighted by Gasteiger charge is 2.15. The summed E-state index contributed by atoms with van der Waals surface area (Å²) in [6, 6.07) is 12.2. The monoisotopic (exact) mass is 394 g/mol. The molecule has 0 aliphatic heterocycles. The van der Waals surface area contributed by atoms with Gasteiger partial charge in [-0.15, -0.1) is 0 Å². The van der Waals surface area contributed by atoms with Crippen LogP contribution in [0, 0.1) is 0 Å². The van der Waals surface area contributed by atoms with Crippen LogP contribution in [0.4, 0.5) is 5.69 Å². The van der Waals surface area contributed by atoms with E-state index in [0.29, 0.717) is 22.3 Å². The van der Waals surface area contributed by atoms with Gasteiger partial charge in [-0.25, -0.2) is 0 Å². The molecule has 0 unspecified atom stereocenters. The van der Waals surface area contributed by atoms with Crippen LogP contribution < -0.4 is 10.1 Å². The second-order valence-corrected chi connectivity index (χ2v) is 6.46. The molecule has 2 amide bonds. The lowest BCUT2D eigenvalue weighted by Crippen LogP contribution is -2.35. The summed E-state index contributed by atoms with van der Waals surface area (Å²) in [6.07, 6.45) is 0.197. The van der Waals surface area contributed by atoms with E-state index in [4.69, 9.17) is 27.9 Å². The Labute approximate surface area is 162 Å². The van der Waals surface area contributed by atoms with Crippen molar-refractivity contribution in [3.05, 3.63) is 58.1 Å². The van der Waals surface area contributed by atoms with Crippen LogP contribution in [0.25, 0.3) is 0 Å². The van der Waals surface area contributed by atoms with E-state index in [1.807, 2.05) is 31.2 Å². The zero-order chi connectivity index (χ0) is 19.1. The summed E-state index contributed by atoms with van der Waals surface area (Å²) in [5, 5.41) is 3.32. The fourth-order valence-corrected chi connectivity index (χ4v) is 2.77. The van der Waals surface area contributed by atoms with Crippen LogP contribution in [-0.4, -0.2) is 36.9 Å². The molecule has 0 aliphatic rings. The molecular weight excluding hydrogens is 375 g/mol. The highest BCUT2D eigenvalue weighted by Crippen LogP contribution is 2.29. The third-order valence-corrected chi connectivity index (χ3v) is 4.25. The molecule has 138 valence electrons. The maximum Gasteiger partial charge on any atom is 0.244 e. The molecule has 0 aromatic heterocycles. The summed E-state index contributed by atoms with van der Waals surface area (Å²) in [4.78, 5) is 25.8. The number of anilines is 1. The van der Waals surface area contributed by atoms with E-state index in [9.17, 15) is 9.59 Å². The highest BCUT2D eigenvalue weighted by atomic mass is 35.5. The molecule has 0 heterocycles. The van der Waals surface area contributed by atoms with Crippen LogP contribution in [0.5, 0.6) is 5.75 Å². The number of para-hydroxylation sites is 1. The fourth-order valence-electron chi connectivity index (χ4n) is 2.28. The molecule has 0 saturated carbocycles. The van der Waals surface area contributed by atoms with E-state index < -0.39 is 0 Å². The van der Waals surface area contributed by atoms with Gasteiger partial charge < -0.3 is 15.0 Å². The van der Waals surface area contributed by atoms with E-state index in [2.05, 4.69) is 5.32 Å². The van der Waals surface area contributed by atoms with Gasteiger partial charge >= 0.3 is 0 Å². The minimum absolute atomic E-state index is 0.0998. The van der Waals surface area contributed by atoms with E-state index in [0.717, 1.165) is 11.3 Å². The summed E-state index contributed by atoms with van der Waals surface area (Å²) in [7, 11) is 1.57. The molecule has 0 atom stereocenters. The lowest BCUT2D eigenvalue weighted by atomic mass is 10.1. The Balaban J connectivity index is 1.90. The summed E-state index contributed by atoms with van der Waals surface area (Å²) in [6.45, 7) is 2.40. The van der Waals surface area contributed by atoms with Crippen molar-refractivity contribution in [2.45, 2.75) is 13.3 Å². The van der Waals surface area contributed by atoms with Crippen molar-refractivity contribution in [2.24, 2.45) is 0 Å². The molecule has 7 heteroatoms. The fraction of sp³-hybridized carbons (Fsp3) is 0.263. The Hall–Kier alpha value is -2.24. The van der Waals surface area contributed by atoms with Gasteiger partial charge in [0, 0.05) is 7.05 Å². The normalized spacial score (nSPS) is 10.3. The van der Waals surface area contributed by atoms with E-state index in [-0.39, 0.29) is 24.8 Å². The van der Waals surface area contributed by atoms with Gasteiger partial charge in [-0.1, -0.05) is 41.4 Å². The summed E-state index contributed by atoms with van der Waals surface area (Å²) < 4.78 is 5.37. The number of benzene rings is 2. The average molecular weight is 395 g/mol. The minimum atomic E-state index is -0.373. The third kappa shape index (κ3) is 5.64. The SMILES string of the molecule is CCOc1ccc(CC(=O)N(C)CC(=O)Nc2c(Cl)cccc2Cl)cc1. The number of hydrogen-bond donors (Lipinski definition) is 1. The van der Waals surface area contributed by atoms with E-state index in [1.54, 1.807) is 25.2 Å². The highest BCUT2D eigenvalue weighted by molar-refractivity contribution is 6.39. The maximum atomic E-state index is 12.3. The summed E-state index contributed by atoms with van der Waals surface area (Å²) in [5.74, 6) is 0.213. The third-order valence-electron chi connectivity index (χ3n) is 3.62. The number of nitrogens with one attached hydrogen (secondary N) is 1.